The van der Waals surface area contributed by atoms with E-state index in [2.05, 4.69) is 47.2 Å². The van der Waals surface area contributed by atoms with E-state index < -0.39 is 0 Å². The van der Waals surface area contributed by atoms with E-state index in [4.69, 9.17) is 0 Å². The van der Waals surface area contributed by atoms with Crippen molar-refractivity contribution in [3.05, 3.63) is 28.9 Å². The molecule has 0 aliphatic heterocycles. The van der Waals surface area contributed by atoms with E-state index in [0.717, 1.165) is 28.3 Å². The highest BCUT2D eigenvalue weighted by Crippen LogP contribution is 2.28. The Balaban J connectivity index is 2.18. The van der Waals surface area contributed by atoms with Crippen LogP contribution in [0.15, 0.2) is 18.3 Å². The summed E-state index contributed by atoms with van der Waals surface area (Å²) < 4.78 is 1.85. The van der Waals surface area contributed by atoms with Gasteiger partial charge in [-0.15, -0.1) is 11.3 Å². The minimum absolute atomic E-state index is 0.404. The van der Waals surface area contributed by atoms with Crippen molar-refractivity contribution in [2.45, 2.75) is 33.6 Å². The Hall–Kier alpha value is -1.95. The third-order valence-corrected chi connectivity index (χ3v) is 4.19. The third kappa shape index (κ3) is 2.63. The fraction of sp³-hybridized carbons (Fsp3) is 0.400. The monoisotopic (exact) mass is 301 g/mol. The summed E-state index contributed by atoms with van der Waals surface area (Å²) in [5.74, 6) is 1.90. The van der Waals surface area contributed by atoms with Crippen molar-refractivity contribution in [3.63, 3.8) is 0 Å². The molecule has 5 nitrogen and oxygen atoms in total. The van der Waals surface area contributed by atoms with E-state index in [-0.39, 0.29) is 0 Å². The molecule has 110 valence electrons. The number of anilines is 1. The molecule has 0 aliphatic carbocycles. The van der Waals surface area contributed by atoms with Crippen molar-refractivity contribution in [1.29, 1.82) is 0 Å². The Morgan fingerprint density at radius 2 is 2.14 bits per heavy atom. The van der Waals surface area contributed by atoms with Crippen molar-refractivity contribution >= 4 is 27.5 Å². The summed E-state index contributed by atoms with van der Waals surface area (Å²) in [4.78, 5) is 11.4. The number of nitrogens with one attached hydrogen (secondary N) is 1. The van der Waals surface area contributed by atoms with Gasteiger partial charge in [-0.05, 0) is 31.9 Å². The second-order valence-corrected chi connectivity index (χ2v) is 6.55. The largest absolute Gasteiger partial charge is 0.354 e. The Kier molecular flexibility index (Phi) is 3.63. The number of hydrogen-bond donors (Lipinski definition) is 1. The molecule has 3 aromatic heterocycles. The molecule has 0 amide bonds. The number of aromatic nitrogens is 4. The van der Waals surface area contributed by atoms with Gasteiger partial charge in [0.05, 0.1) is 11.1 Å². The average Bonchev–Trinajstić information content (AvgIpc) is 3.03. The second kappa shape index (κ2) is 5.44. The summed E-state index contributed by atoms with van der Waals surface area (Å²) in [6, 6.07) is 4.17. The molecule has 0 aliphatic rings. The summed E-state index contributed by atoms with van der Waals surface area (Å²) in [5, 5.41) is 8.89. The van der Waals surface area contributed by atoms with Gasteiger partial charge in [0.15, 0.2) is 5.82 Å². The van der Waals surface area contributed by atoms with E-state index in [0.29, 0.717) is 11.9 Å². The number of hydrogen-bond acceptors (Lipinski definition) is 5. The van der Waals surface area contributed by atoms with Crippen LogP contribution in [0, 0.1) is 6.92 Å². The topological polar surface area (TPSA) is 55.6 Å². The third-order valence-electron chi connectivity index (χ3n) is 3.25. The second-order valence-electron chi connectivity index (χ2n) is 5.32. The molecule has 0 bridgehead atoms. The first-order valence-corrected chi connectivity index (χ1v) is 7.98. The van der Waals surface area contributed by atoms with Crippen molar-refractivity contribution in [3.8, 4) is 5.82 Å². The summed E-state index contributed by atoms with van der Waals surface area (Å²) >= 11 is 1.68. The molecule has 1 N–H and O–H groups in total. The van der Waals surface area contributed by atoms with Gasteiger partial charge in [0.1, 0.15) is 4.83 Å². The van der Waals surface area contributed by atoms with Crippen LogP contribution in [0.3, 0.4) is 0 Å². The molecule has 3 heterocycles. The maximum Gasteiger partial charge on any atom is 0.226 e. The highest BCUT2D eigenvalue weighted by atomic mass is 32.1. The number of fused-ring (bicyclic) bond motifs is 1. The first-order chi connectivity index (χ1) is 10.1. The molecule has 3 aromatic rings. The zero-order valence-corrected chi connectivity index (χ0v) is 13.5. The number of aryl methyl sites for hydroxylation is 1. The summed E-state index contributed by atoms with van der Waals surface area (Å²) in [7, 11) is 0. The quantitative estimate of drug-likeness (QED) is 0.797. The van der Waals surface area contributed by atoms with Crippen molar-refractivity contribution in [1.82, 2.24) is 19.7 Å². The maximum atomic E-state index is 4.64. The van der Waals surface area contributed by atoms with Gasteiger partial charge >= 0.3 is 0 Å². The minimum Gasteiger partial charge on any atom is -0.354 e. The zero-order chi connectivity index (χ0) is 15.0. The molecular weight excluding hydrogens is 282 g/mol. The fourth-order valence-corrected chi connectivity index (χ4v) is 3.08. The molecule has 0 saturated carbocycles. The van der Waals surface area contributed by atoms with Gasteiger partial charge in [0, 0.05) is 17.6 Å². The minimum atomic E-state index is 0.404. The average molecular weight is 301 g/mol. The lowest BCUT2D eigenvalue weighted by Crippen LogP contribution is -2.07. The van der Waals surface area contributed by atoms with Crippen LogP contribution in [0.1, 0.15) is 37.3 Å². The molecular formula is C15H19N5S. The molecule has 0 radical (unpaired) electrons. The summed E-state index contributed by atoms with van der Waals surface area (Å²) in [6.07, 6.45) is 1.97. The number of thiophene rings is 1. The number of nitrogens with zero attached hydrogens (tertiary/aromatic N) is 4. The SMILES string of the molecule is CCNc1nc(-n2ccc(C(C)C)n2)c2cc(C)sc2n1. The van der Waals surface area contributed by atoms with Crippen LogP contribution < -0.4 is 5.32 Å². The van der Waals surface area contributed by atoms with E-state index >= 15 is 0 Å². The van der Waals surface area contributed by atoms with Gasteiger partial charge in [-0.25, -0.2) is 9.67 Å². The van der Waals surface area contributed by atoms with E-state index in [1.54, 1.807) is 11.3 Å². The van der Waals surface area contributed by atoms with Gasteiger partial charge in [0.2, 0.25) is 5.95 Å². The molecule has 0 fully saturated rings. The van der Waals surface area contributed by atoms with Crippen molar-refractivity contribution in [2.24, 2.45) is 0 Å². The highest BCUT2D eigenvalue weighted by Gasteiger charge is 2.13. The van der Waals surface area contributed by atoms with Crippen molar-refractivity contribution in [2.75, 3.05) is 11.9 Å². The van der Waals surface area contributed by atoms with E-state index in [1.165, 1.54) is 4.88 Å². The molecule has 0 saturated heterocycles. The van der Waals surface area contributed by atoms with Crippen LogP contribution in [0.2, 0.25) is 0 Å². The zero-order valence-electron chi connectivity index (χ0n) is 12.7. The number of rotatable bonds is 4. The predicted octanol–water partition coefficient (Wildman–Crippen LogP) is 3.74. The first kappa shape index (κ1) is 14.0. The normalized spacial score (nSPS) is 11.5. The van der Waals surface area contributed by atoms with Crippen LogP contribution in [0.5, 0.6) is 0 Å². The molecule has 0 spiro atoms. The molecule has 0 atom stereocenters. The molecule has 0 aromatic carbocycles. The lowest BCUT2D eigenvalue weighted by Gasteiger charge is -2.07. The molecule has 3 rings (SSSR count). The Morgan fingerprint density at radius 3 is 2.81 bits per heavy atom. The Morgan fingerprint density at radius 1 is 1.33 bits per heavy atom. The maximum absolute atomic E-state index is 4.64. The van der Waals surface area contributed by atoms with Gasteiger partial charge in [-0.3, -0.25) is 0 Å². The smallest absolute Gasteiger partial charge is 0.226 e. The van der Waals surface area contributed by atoms with Crippen LogP contribution >= 0.6 is 11.3 Å². The van der Waals surface area contributed by atoms with Crippen LogP contribution in [0.25, 0.3) is 16.0 Å². The van der Waals surface area contributed by atoms with E-state index in [9.17, 15) is 0 Å². The van der Waals surface area contributed by atoms with Gasteiger partial charge in [-0.1, -0.05) is 13.8 Å². The van der Waals surface area contributed by atoms with Crippen LogP contribution in [-0.2, 0) is 0 Å². The van der Waals surface area contributed by atoms with E-state index in [1.807, 2.05) is 23.9 Å². The van der Waals surface area contributed by atoms with Crippen molar-refractivity contribution < 1.29 is 0 Å². The fourth-order valence-electron chi connectivity index (χ4n) is 2.20. The van der Waals surface area contributed by atoms with Gasteiger partial charge < -0.3 is 5.32 Å². The lowest BCUT2D eigenvalue weighted by molar-refractivity contribution is 0.760. The summed E-state index contributed by atoms with van der Waals surface area (Å²) in [5.41, 5.74) is 1.07. The lowest BCUT2D eigenvalue weighted by atomic mass is 10.1. The molecule has 0 unspecified atom stereocenters. The van der Waals surface area contributed by atoms with Crippen LogP contribution in [-0.4, -0.2) is 26.3 Å². The molecule has 6 heteroatoms. The van der Waals surface area contributed by atoms with Gasteiger partial charge in [-0.2, -0.15) is 10.1 Å². The highest BCUT2D eigenvalue weighted by molar-refractivity contribution is 7.18. The standard InChI is InChI=1S/C15H19N5S/c1-5-16-15-17-13(11-8-10(4)21-14(11)18-15)20-7-6-12(19-20)9(2)3/h6-9H,5H2,1-4H3,(H,16,17,18). The Bertz CT molecular complexity index is 772. The van der Waals surface area contributed by atoms with Crippen LogP contribution in [0.4, 0.5) is 5.95 Å². The predicted molar refractivity (Wildman–Crippen MR) is 87.5 cm³/mol. The summed E-state index contributed by atoms with van der Waals surface area (Å²) in [6.45, 7) is 9.21. The first-order valence-electron chi connectivity index (χ1n) is 7.16. The van der Waals surface area contributed by atoms with Gasteiger partial charge in [0.25, 0.3) is 0 Å². The molecule has 21 heavy (non-hydrogen) atoms. The Labute approximate surface area is 128 Å².